The van der Waals surface area contributed by atoms with Crippen LogP contribution in [-0.4, -0.2) is 11.4 Å². The predicted octanol–water partition coefficient (Wildman–Crippen LogP) is 3.39. The Morgan fingerprint density at radius 2 is 2.08 bits per heavy atom. The molecule has 1 atom stereocenters. The van der Waals surface area contributed by atoms with E-state index in [1.165, 1.54) is 12.3 Å². The largest absolute Gasteiger partial charge is 0.258 e. The van der Waals surface area contributed by atoms with Gasteiger partial charge < -0.3 is 0 Å². The zero-order chi connectivity index (χ0) is 9.14. The lowest BCUT2D eigenvalue weighted by Crippen LogP contribution is -2.01. The number of alkyl halides is 3. The van der Waals surface area contributed by atoms with Crippen LogP contribution in [0.15, 0.2) is 22.9 Å². The van der Waals surface area contributed by atoms with Crippen molar-refractivity contribution in [3.05, 3.63) is 28.5 Å². The molecule has 0 radical (unpaired) electrons. The molecule has 1 aromatic heterocycles. The predicted molar refractivity (Wildman–Crippen MR) is 46.5 cm³/mol. The van der Waals surface area contributed by atoms with E-state index in [9.17, 15) is 8.78 Å². The van der Waals surface area contributed by atoms with Gasteiger partial charge in [-0.1, -0.05) is 6.07 Å². The zero-order valence-corrected chi connectivity index (χ0v) is 8.19. The van der Waals surface area contributed by atoms with E-state index < -0.39 is 11.8 Å². The monoisotopic (exact) mass is 255 g/mol. The van der Waals surface area contributed by atoms with E-state index in [2.05, 4.69) is 20.9 Å². The van der Waals surface area contributed by atoms with Crippen LogP contribution in [0.2, 0.25) is 0 Å². The Kier molecular flexibility index (Phi) is 3.40. The smallest absolute Gasteiger partial charge is 0.249 e. The van der Waals surface area contributed by atoms with Crippen molar-refractivity contribution in [3.8, 4) is 0 Å². The molecule has 1 nitrogen and oxygen atoms in total. The fraction of sp³-hybridized carbons (Fsp3) is 0.286. The lowest BCUT2D eigenvalue weighted by Gasteiger charge is -2.06. The zero-order valence-electron chi connectivity index (χ0n) is 5.85. The number of hydrogen-bond acceptors (Lipinski definition) is 1. The van der Waals surface area contributed by atoms with Crippen LogP contribution in [0.4, 0.5) is 8.78 Å². The molecule has 1 aromatic rings. The molecule has 1 unspecified atom stereocenters. The van der Waals surface area contributed by atoms with Crippen molar-refractivity contribution < 1.29 is 8.78 Å². The molecule has 0 aliphatic heterocycles. The highest BCUT2D eigenvalue weighted by molar-refractivity contribution is 9.10. The molecule has 0 aliphatic carbocycles. The van der Waals surface area contributed by atoms with Crippen LogP contribution in [0.5, 0.6) is 0 Å². The van der Waals surface area contributed by atoms with Crippen LogP contribution in [0, 0.1) is 0 Å². The van der Waals surface area contributed by atoms with Gasteiger partial charge in [0, 0.05) is 6.20 Å². The van der Waals surface area contributed by atoms with Crippen LogP contribution in [0.3, 0.4) is 0 Å². The van der Waals surface area contributed by atoms with Gasteiger partial charge >= 0.3 is 0 Å². The van der Waals surface area contributed by atoms with Crippen LogP contribution in [0.1, 0.15) is 10.9 Å². The first-order valence-electron chi connectivity index (χ1n) is 3.15. The second kappa shape index (κ2) is 4.14. The summed E-state index contributed by atoms with van der Waals surface area (Å²) in [5.74, 6) is 0. The first-order chi connectivity index (χ1) is 5.61. The summed E-state index contributed by atoms with van der Waals surface area (Å²) in [6, 6.07) is 3.09. The van der Waals surface area contributed by atoms with Gasteiger partial charge in [-0.3, -0.25) is 0 Å². The van der Waals surface area contributed by atoms with Crippen LogP contribution in [0.25, 0.3) is 0 Å². The second-order valence-electron chi connectivity index (χ2n) is 2.15. The first-order valence-corrected chi connectivity index (χ1v) is 4.38. The third-order valence-corrected chi connectivity index (χ3v) is 2.20. The normalized spacial score (nSPS) is 13.4. The van der Waals surface area contributed by atoms with Crippen molar-refractivity contribution >= 4 is 27.5 Å². The van der Waals surface area contributed by atoms with E-state index in [0.29, 0.717) is 10.2 Å². The summed E-state index contributed by atoms with van der Waals surface area (Å²) in [7, 11) is 0. The Hall–Kier alpha value is -0.220. The molecule has 0 aromatic carbocycles. The van der Waals surface area contributed by atoms with Crippen LogP contribution >= 0.6 is 27.5 Å². The van der Waals surface area contributed by atoms with Crippen molar-refractivity contribution in [1.82, 2.24) is 4.98 Å². The summed E-state index contributed by atoms with van der Waals surface area (Å²) in [6.07, 6.45) is -1.23. The maximum atomic E-state index is 12.0. The molecule has 0 saturated carbocycles. The fourth-order valence-electron chi connectivity index (χ4n) is 0.696. The Bertz CT molecular complexity index is 252. The maximum absolute atomic E-state index is 12.0. The Morgan fingerprint density at radius 3 is 2.50 bits per heavy atom. The van der Waals surface area contributed by atoms with Gasteiger partial charge in [0.25, 0.3) is 6.43 Å². The lowest BCUT2D eigenvalue weighted by molar-refractivity contribution is 0.143. The third-order valence-electron chi connectivity index (χ3n) is 1.29. The van der Waals surface area contributed by atoms with E-state index in [1.54, 1.807) is 6.07 Å². The quantitative estimate of drug-likeness (QED) is 0.584. The van der Waals surface area contributed by atoms with Crippen LogP contribution < -0.4 is 0 Å². The van der Waals surface area contributed by atoms with Gasteiger partial charge in [-0.25, -0.2) is 13.8 Å². The van der Waals surface area contributed by atoms with E-state index in [1.807, 2.05) is 0 Å². The first kappa shape index (κ1) is 9.86. The molecule has 0 amide bonds. The fourth-order valence-corrected chi connectivity index (χ4v) is 1.06. The number of pyridine rings is 1. The number of hydrogen-bond donors (Lipinski definition) is 0. The van der Waals surface area contributed by atoms with Gasteiger partial charge in [0.15, 0.2) is 0 Å². The molecule has 0 bridgehead atoms. The van der Waals surface area contributed by atoms with E-state index in [-0.39, 0.29) is 0 Å². The molecular formula is C7H5BrClF2N. The summed E-state index contributed by atoms with van der Waals surface area (Å²) >= 11 is 8.48. The summed E-state index contributed by atoms with van der Waals surface area (Å²) in [6.45, 7) is 0. The molecule has 0 spiro atoms. The Morgan fingerprint density at radius 1 is 1.42 bits per heavy atom. The van der Waals surface area contributed by atoms with Gasteiger partial charge in [-0.15, -0.1) is 11.6 Å². The summed E-state index contributed by atoms with van der Waals surface area (Å²) in [5, 5.41) is -1.27. The number of halogens is 4. The summed E-state index contributed by atoms with van der Waals surface area (Å²) < 4.78 is 24.7. The van der Waals surface area contributed by atoms with Crippen LogP contribution in [-0.2, 0) is 0 Å². The number of nitrogens with zero attached hydrogens (tertiary/aromatic N) is 1. The minimum atomic E-state index is -2.56. The highest BCUT2D eigenvalue weighted by atomic mass is 79.9. The minimum absolute atomic E-state index is 0.329. The highest BCUT2D eigenvalue weighted by Crippen LogP contribution is 2.27. The van der Waals surface area contributed by atoms with Gasteiger partial charge in [0.1, 0.15) is 9.98 Å². The molecule has 0 N–H and O–H groups in total. The topological polar surface area (TPSA) is 12.9 Å². The number of rotatable bonds is 2. The molecule has 66 valence electrons. The average molecular weight is 256 g/mol. The van der Waals surface area contributed by atoms with Crippen molar-refractivity contribution in [2.45, 2.75) is 11.8 Å². The van der Waals surface area contributed by atoms with Crippen molar-refractivity contribution in [2.24, 2.45) is 0 Å². The molecular weight excluding hydrogens is 251 g/mol. The molecule has 0 saturated heterocycles. The molecule has 0 fully saturated rings. The third kappa shape index (κ3) is 2.38. The second-order valence-corrected chi connectivity index (χ2v) is 3.43. The number of aromatic nitrogens is 1. The van der Waals surface area contributed by atoms with Crippen molar-refractivity contribution in [1.29, 1.82) is 0 Å². The van der Waals surface area contributed by atoms with Gasteiger partial charge in [-0.05, 0) is 27.6 Å². The van der Waals surface area contributed by atoms with Gasteiger partial charge in [0.05, 0.1) is 0 Å². The van der Waals surface area contributed by atoms with Gasteiger partial charge in [-0.2, -0.15) is 0 Å². The molecule has 5 heteroatoms. The molecule has 1 rings (SSSR count). The minimum Gasteiger partial charge on any atom is -0.249 e. The van der Waals surface area contributed by atoms with Crippen molar-refractivity contribution in [2.75, 3.05) is 0 Å². The Balaban J connectivity index is 2.82. The highest BCUT2D eigenvalue weighted by Gasteiger charge is 2.19. The van der Waals surface area contributed by atoms with Crippen molar-refractivity contribution in [3.63, 3.8) is 0 Å². The summed E-state index contributed by atoms with van der Waals surface area (Å²) in [4.78, 5) is 3.78. The van der Waals surface area contributed by atoms with Gasteiger partial charge in [0.2, 0.25) is 0 Å². The SMILES string of the molecule is FC(F)C(Cl)c1ccc(Br)nc1. The average Bonchev–Trinajstić information content (AvgIpc) is 2.04. The van der Waals surface area contributed by atoms with E-state index >= 15 is 0 Å². The van der Waals surface area contributed by atoms with E-state index in [0.717, 1.165) is 0 Å². The molecule has 12 heavy (non-hydrogen) atoms. The lowest BCUT2D eigenvalue weighted by atomic mass is 10.2. The van der Waals surface area contributed by atoms with E-state index in [4.69, 9.17) is 11.6 Å². The Labute approximate surface area is 81.9 Å². The maximum Gasteiger partial charge on any atom is 0.258 e. The summed E-state index contributed by atoms with van der Waals surface area (Å²) in [5.41, 5.74) is 0.329. The molecule has 1 heterocycles. The standard InChI is InChI=1S/C7H5BrClF2N/c8-5-2-1-4(3-12-5)6(9)7(10)11/h1-3,6-7H. The molecule has 0 aliphatic rings.